The monoisotopic (exact) mass is 350 g/mol. The molecule has 2 aromatic rings. The van der Waals surface area contributed by atoms with Gasteiger partial charge in [0.25, 0.3) is 0 Å². The minimum atomic E-state index is -3.70. The van der Waals surface area contributed by atoms with E-state index in [1.807, 2.05) is 6.92 Å². The molecule has 1 amide bonds. The fourth-order valence-electron chi connectivity index (χ4n) is 2.30. The smallest absolute Gasteiger partial charge is 0.248 e. The molecule has 0 saturated heterocycles. The highest BCUT2D eigenvalue weighted by molar-refractivity contribution is 7.92. The number of hydrogen-bond acceptors (Lipinski definition) is 3. The maximum Gasteiger partial charge on any atom is 0.248 e. The first-order valence-electron chi connectivity index (χ1n) is 7.31. The number of sulfonamides is 1. The Balaban J connectivity index is 2.31. The Kier molecular flexibility index (Phi) is 5.23. The molecule has 0 fully saturated rings. The summed E-state index contributed by atoms with van der Waals surface area (Å²) in [6.07, 6.45) is 1.03. The first-order valence-corrected chi connectivity index (χ1v) is 9.16. The van der Waals surface area contributed by atoms with Crippen molar-refractivity contribution in [2.75, 3.05) is 15.9 Å². The van der Waals surface area contributed by atoms with Gasteiger partial charge in [0.05, 0.1) is 17.6 Å². The summed E-state index contributed by atoms with van der Waals surface area (Å²) in [4.78, 5) is 12.4. The van der Waals surface area contributed by atoms with E-state index in [9.17, 15) is 17.6 Å². The van der Waals surface area contributed by atoms with Crippen molar-refractivity contribution in [1.82, 2.24) is 0 Å². The Morgan fingerprint density at radius 2 is 1.71 bits per heavy atom. The Bertz CT molecular complexity index is 835. The van der Waals surface area contributed by atoms with Crippen LogP contribution in [0.2, 0.25) is 0 Å². The largest absolute Gasteiger partial charge is 0.322 e. The summed E-state index contributed by atoms with van der Waals surface area (Å²) in [6, 6.07) is 11.4. The van der Waals surface area contributed by atoms with Gasteiger partial charge in [0.2, 0.25) is 15.9 Å². The second-order valence-electron chi connectivity index (χ2n) is 5.54. The quantitative estimate of drug-likeness (QED) is 0.902. The van der Waals surface area contributed by atoms with E-state index in [1.165, 1.54) is 25.1 Å². The van der Waals surface area contributed by atoms with Crippen LogP contribution in [-0.4, -0.2) is 26.6 Å². The second-order valence-corrected chi connectivity index (χ2v) is 7.40. The molecule has 128 valence electrons. The van der Waals surface area contributed by atoms with Gasteiger partial charge in [-0.1, -0.05) is 29.8 Å². The summed E-state index contributed by atoms with van der Waals surface area (Å²) in [6.45, 7) is 3.33. The van der Waals surface area contributed by atoms with Crippen LogP contribution in [0.4, 0.5) is 15.8 Å². The zero-order valence-electron chi connectivity index (χ0n) is 13.7. The molecule has 0 radical (unpaired) electrons. The van der Waals surface area contributed by atoms with Gasteiger partial charge in [-0.25, -0.2) is 12.8 Å². The van der Waals surface area contributed by atoms with Crippen molar-refractivity contribution >= 4 is 27.3 Å². The average Bonchev–Trinajstić information content (AvgIpc) is 2.50. The maximum atomic E-state index is 13.7. The number of anilines is 2. The van der Waals surface area contributed by atoms with Gasteiger partial charge in [0.1, 0.15) is 11.9 Å². The van der Waals surface area contributed by atoms with E-state index >= 15 is 0 Å². The Labute approximate surface area is 141 Å². The van der Waals surface area contributed by atoms with Gasteiger partial charge < -0.3 is 5.32 Å². The average molecular weight is 350 g/mol. The number of aryl methyl sites for hydroxylation is 1. The van der Waals surface area contributed by atoms with Crippen molar-refractivity contribution < 1.29 is 17.6 Å². The Hall–Kier alpha value is -2.41. The second kappa shape index (κ2) is 7.00. The topological polar surface area (TPSA) is 66.5 Å². The van der Waals surface area contributed by atoms with Crippen LogP contribution in [0.1, 0.15) is 12.5 Å². The lowest BCUT2D eigenvalue weighted by atomic mass is 10.2. The zero-order chi connectivity index (χ0) is 17.9. The molecule has 2 rings (SSSR count). The molecule has 0 aromatic heterocycles. The van der Waals surface area contributed by atoms with Crippen molar-refractivity contribution in [1.29, 1.82) is 0 Å². The summed E-state index contributed by atoms with van der Waals surface area (Å²) in [5.74, 6) is -1.20. The van der Waals surface area contributed by atoms with Crippen LogP contribution < -0.4 is 9.62 Å². The molecule has 0 aliphatic heterocycles. The number of nitrogens with one attached hydrogen (secondary N) is 1. The molecule has 0 spiro atoms. The highest BCUT2D eigenvalue weighted by atomic mass is 32.2. The third-order valence-electron chi connectivity index (χ3n) is 3.51. The molecule has 0 unspecified atom stereocenters. The fraction of sp³-hybridized carbons (Fsp3) is 0.235. The van der Waals surface area contributed by atoms with Crippen LogP contribution in [-0.2, 0) is 14.8 Å². The van der Waals surface area contributed by atoms with Gasteiger partial charge in [-0.15, -0.1) is 0 Å². The summed E-state index contributed by atoms with van der Waals surface area (Å²) in [5, 5.41) is 2.42. The molecule has 0 saturated carbocycles. The van der Waals surface area contributed by atoms with Crippen LogP contribution in [0, 0.1) is 12.7 Å². The minimum absolute atomic E-state index is 0.00621. The standard InChI is InChI=1S/C17H19FN2O3S/c1-12-8-10-14(11-9-12)20(24(3,22)23)13(2)17(21)19-16-7-5-4-6-15(16)18/h4-11,13H,1-3H3,(H,19,21)/t13-/m0/s1. The number of rotatable bonds is 5. The van der Waals surface area contributed by atoms with Gasteiger partial charge in [0.15, 0.2) is 0 Å². The van der Waals surface area contributed by atoms with E-state index in [2.05, 4.69) is 5.32 Å². The van der Waals surface area contributed by atoms with E-state index in [-0.39, 0.29) is 5.69 Å². The van der Waals surface area contributed by atoms with Gasteiger partial charge in [0, 0.05) is 0 Å². The first kappa shape index (κ1) is 17.9. The molecule has 2 aromatic carbocycles. The number of carbonyl (C=O) groups is 1. The molecule has 1 atom stereocenters. The lowest BCUT2D eigenvalue weighted by Gasteiger charge is -2.28. The van der Waals surface area contributed by atoms with E-state index in [1.54, 1.807) is 30.3 Å². The van der Waals surface area contributed by atoms with Crippen LogP contribution in [0.25, 0.3) is 0 Å². The van der Waals surface area contributed by atoms with Crippen molar-refractivity contribution in [3.8, 4) is 0 Å². The lowest BCUT2D eigenvalue weighted by Crippen LogP contribution is -2.45. The van der Waals surface area contributed by atoms with Gasteiger partial charge >= 0.3 is 0 Å². The lowest BCUT2D eigenvalue weighted by molar-refractivity contribution is -0.116. The van der Waals surface area contributed by atoms with Gasteiger partial charge in [-0.05, 0) is 38.1 Å². The summed E-state index contributed by atoms with van der Waals surface area (Å²) in [7, 11) is -3.70. The molecule has 5 nitrogen and oxygen atoms in total. The molecule has 24 heavy (non-hydrogen) atoms. The molecular formula is C17H19FN2O3S. The Morgan fingerprint density at radius 3 is 2.25 bits per heavy atom. The highest BCUT2D eigenvalue weighted by Gasteiger charge is 2.29. The molecule has 0 bridgehead atoms. The third-order valence-corrected chi connectivity index (χ3v) is 4.75. The number of carbonyl (C=O) groups excluding carboxylic acids is 1. The predicted octanol–water partition coefficient (Wildman–Crippen LogP) is 2.93. The fourth-order valence-corrected chi connectivity index (χ4v) is 3.48. The number of para-hydroxylation sites is 1. The summed E-state index contributed by atoms with van der Waals surface area (Å²) in [5.41, 5.74) is 1.35. The molecule has 1 N–H and O–H groups in total. The minimum Gasteiger partial charge on any atom is -0.322 e. The SMILES string of the molecule is Cc1ccc(N([C@@H](C)C(=O)Nc2ccccc2F)S(C)(=O)=O)cc1. The van der Waals surface area contributed by atoms with Crippen molar-refractivity contribution in [3.05, 3.63) is 59.9 Å². The van der Waals surface area contributed by atoms with Crippen LogP contribution in [0.3, 0.4) is 0 Å². The van der Waals surface area contributed by atoms with Crippen molar-refractivity contribution in [2.24, 2.45) is 0 Å². The number of hydrogen-bond donors (Lipinski definition) is 1. The van der Waals surface area contributed by atoms with E-state index in [4.69, 9.17) is 0 Å². The summed E-state index contributed by atoms with van der Waals surface area (Å²) >= 11 is 0. The third kappa shape index (κ3) is 4.11. The first-order chi connectivity index (χ1) is 11.2. The molecule has 7 heteroatoms. The molecule has 0 aliphatic rings. The van der Waals surface area contributed by atoms with Crippen LogP contribution >= 0.6 is 0 Å². The molecule has 0 aliphatic carbocycles. The van der Waals surface area contributed by atoms with Crippen LogP contribution in [0.5, 0.6) is 0 Å². The Morgan fingerprint density at radius 1 is 1.12 bits per heavy atom. The van der Waals surface area contributed by atoms with Gasteiger partial charge in [-0.2, -0.15) is 0 Å². The normalized spacial score (nSPS) is 12.5. The summed E-state index contributed by atoms with van der Waals surface area (Å²) < 4.78 is 39.0. The number of halogens is 1. The van der Waals surface area contributed by atoms with E-state index in [0.717, 1.165) is 16.1 Å². The van der Waals surface area contributed by atoms with Crippen molar-refractivity contribution in [3.63, 3.8) is 0 Å². The van der Waals surface area contributed by atoms with Crippen LogP contribution in [0.15, 0.2) is 48.5 Å². The molecular weight excluding hydrogens is 331 g/mol. The maximum absolute atomic E-state index is 13.7. The van der Waals surface area contributed by atoms with Crippen molar-refractivity contribution in [2.45, 2.75) is 19.9 Å². The van der Waals surface area contributed by atoms with E-state index in [0.29, 0.717) is 5.69 Å². The number of amides is 1. The predicted molar refractivity (Wildman–Crippen MR) is 93.0 cm³/mol. The highest BCUT2D eigenvalue weighted by Crippen LogP contribution is 2.22. The van der Waals surface area contributed by atoms with Gasteiger partial charge in [-0.3, -0.25) is 9.10 Å². The molecule has 0 heterocycles. The van der Waals surface area contributed by atoms with E-state index < -0.39 is 27.8 Å². The number of nitrogens with zero attached hydrogens (tertiary/aromatic N) is 1. The number of benzene rings is 2. The zero-order valence-corrected chi connectivity index (χ0v) is 14.5.